The van der Waals surface area contributed by atoms with Crippen molar-refractivity contribution in [3.63, 3.8) is 0 Å². The number of nitrogens with zero attached hydrogens (tertiary/aromatic N) is 2. The van der Waals surface area contributed by atoms with Gasteiger partial charge in [0.2, 0.25) is 5.91 Å². The summed E-state index contributed by atoms with van der Waals surface area (Å²) in [6.45, 7) is 1.34. The smallest absolute Gasteiger partial charge is 0.267 e. The summed E-state index contributed by atoms with van der Waals surface area (Å²) >= 11 is 4.72. The van der Waals surface area contributed by atoms with E-state index in [9.17, 15) is 9.59 Å². The van der Waals surface area contributed by atoms with Crippen molar-refractivity contribution in [2.45, 2.75) is 43.9 Å². The third-order valence-corrected chi connectivity index (χ3v) is 8.02. The number of hydrogen-bond donors (Lipinski definition) is 1. The van der Waals surface area contributed by atoms with Gasteiger partial charge in [0.1, 0.15) is 0 Å². The number of nitrogens with one attached hydrogen (secondary N) is 1. The van der Waals surface area contributed by atoms with Crippen molar-refractivity contribution in [3.05, 3.63) is 33.0 Å². The molecule has 1 aliphatic heterocycles. The zero-order valence-corrected chi connectivity index (χ0v) is 16.9. The fraction of sp³-hybridized carbons (Fsp3) is 0.500. The van der Waals surface area contributed by atoms with Crippen LogP contribution in [0.25, 0.3) is 0 Å². The lowest BCUT2D eigenvalue weighted by Gasteiger charge is -2.26. The van der Waals surface area contributed by atoms with Gasteiger partial charge in [-0.15, -0.1) is 23.1 Å². The summed E-state index contributed by atoms with van der Waals surface area (Å²) in [5.74, 6) is 0.693. The van der Waals surface area contributed by atoms with Crippen LogP contribution in [-0.2, 0) is 17.8 Å². The summed E-state index contributed by atoms with van der Waals surface area (Å²) in [4.78, 5) is 33.0. The molecule has 1 aliphatic carbocycles. The number of aromatic nitrogens is 1. The van der Waals surface area contributed by atoms with Crippen LogP contribution in [0.15, 0.2) is 17.5 Å². The summed E-state index contributed by atoms with van der Waals surface area (Å²) in [6, 6.07) is 3.66. The molecule has 1 N–H and O–H groups in total. The van der Waals surface area contributed by atoms with E-state index in [-0.39, 0.29) is 11.8 Å². The molecule has 0 atom stereocenters. The van der Waals surface area contributed by atoms with Crippen LogP contribution in [0.1, 0.15) is 45.9 Å². The van der Waals surface area contributed by atoms with Gasteiger partial charge in [-0.2, -0.15) is 0 Å². The second kappa shape index (κ2) is 8.10. The van der Waals surface area contributed by atoms with E-state index in [2.05, 4.69) is 10.3 Å². The van der Waals surface area contributed by atoms with E-state index in [0.717, 1.165) is 23.5 Å². The number of thioether (sulfide) groups is 1. The lowest BCUT2D eigenvalue weighted by atomic mass is 10.2. The molecule has 2 amide bonds. The Morgan fingerprint density at radius 1 is 1.35 bits per heavy atom. The first-order valence-electron chi connectivity index (χ1n) is 8.92. The second-order valence-electron chi connectivity index (χ2n) is 6.60. The molecule has 4 rings (SSSR count). The van der Waals surface area contributed by atoms with E-state index in [4.69, 9.17) is 0 Å². The predicted molar refractivity (Wildman–Crippen MR) is 108 cm³/mol. The van der Waals surface area contributed by atoms with Crippen molar-refractivity contribution in [1.29, 1.82) is 0 Å². The van der Waals surface area contributed by atoms with Gasteiger partial charge in [-0.3, -0.25) is 14.9 Å². The molecule has 2 aromatic rings. The molecule has 0 radical (unpaired) electrons. The summed E-state index contributed by atoms with van der Waals surface area (Å²) in [7, 11) is 0. The Kier molecular flexibility index (Phi) is 5.61. The van der Waals surface area contributed by atoms with Gasteiger partial charge < -0.3 is 4.90 Å². The Bertz CT molecular complexity index is 782. The summed E-state index contributed by atoms with van der Waals surface area (Å²) in [5, 5.41) is 6.06. The molecule has 0 unspecified atom stereocenters. The fourth-order valence-electron chi connectivity index (χ4n) is 3.36. The summed E-state index contributed by atoms with van der Waals surface area (Å²) < 4.78 is 0. The van der Waals surface area contributed by atoms with Gasteiger partial charge in [-0.25, -0.2) is 4.98 Å². The van der Waals surface area contributed by atoms with Crippen molar-refractivity contribution in [2.24, 2.45) is 0 Å². The highest BCUT2D eigenvalue weighted by Gasteiger charge is 2.26. The maximum absolute atomic E-state index is 12.5. The maximum atomic E-state index is 12.5. The minimum atomic E-state index is -0.119. The highest BCUT2D eigenvalue weighted by molar-refractivity contribution is 8.00. The lowest BCUT2D eigenvalue weighted by Crippen LogP contribution is -2.36. The van der Waals surface area contributed by atoms with E-state index < -0.39 is 0 Å². The number of hydrogen-bond acceptors (Lipinski definition) is 6. The largest absolute Gasteiger partial charge is 0.336 e. The number of thiazole rings is 1. The lowest BCUT2D eigenvalue weighted by molar-refractivity contribution is -0.129. The topological polar surface area (TPSA) is 62.3 Å². The highest BCUT2D eigenvalue weighted by atomic mass is 32.2. The molecule has 26 heavy (non-hydrogen) atoms. The Morgan fingerprint density at radius 3 is 2.96 bits per heavy atom. The van der Waals surface area contributed by atoms with Crippen LogP contribution >= 0.6 is 34.4 Å². The number of carbonyl (C=O) groups excluding carboxylic acids is 2. The Labute approximate surface area is 165 Å². The van der Waals surface area contributed by atoms with Crippen LogP contribution in [0, 0.1) is 0 Å². The number of carbonyl (C=O) groups is 2. The Morgan fingerprint density at radius 2 is 2.19 bits per heavy atom. The van der Waals surface area contributed by atoms with Crippen molar-refractivity contribution in [3.8, 4) is 0 Å². The summed E-state index contributed by atoms with van der Waals surface area (Å²) in [5.41, 5.74) is 1.02. The van der Waals surface area contributed by atoms with Crippen LogP contribution < -0.4 is 5.32 Å². The van der Waals surface area contributed by atoms with Crippen LogP contribution in [0.3, 0.4) is 0 Å². The number of anilines is 1. The average Bonchev–Trinajstić information content (AvgIpc) is 3.39. The zero-order valence-electron chi connectivity index (χ0n) is 14.4. The number of rotatable bonds is 5. The molecule has 0 spiro atoms. The molecular weight excluding hydrogens is 386 g/mol. The van der Waals surface area contributed by atoms with Crippen LogP contribution in [-0.4, -0.2) is 39.2 Å². The highest BCUT2D eigenvalue weighted by Crippen LogP contribution is 2.31. The third-order valence-electron chi connectivity index (χ3n) is 4.79. The molecule has 0 saturated heterocycles. The average molecular weight is 408 g/mol. The van der Waals surface area contributed by atoms with Gasteiger partial charge in [-0.05, 0) is 24.3 Å². The molecule has 1 saturated carbocycles. The Hall–Kier alpha value is -1.38. The van der Waals surface area contributed by atoms with Crippen LogP contribution in [0.2, 0.25) is 0 Å². The molecule has 2 aromatic heterocycles. The Balaban J connectivity index is 1.34. The van der Waals surface area contributed by atoms with E-state index in [1.807, 2.05) is 28.1 Å². The number of thiophene rings is 1. The normalized spacial score (nSPS) is 17.3. The molecule has 5 nitrogen and oxygen atoms in total. The van der Waals surface area contributed by atoms with E-state index in [1.165, 1.54) is 48.4 Å². The van der Waals surface area contributed by atoms with Crippen molar-refractivity contribution >= 4 is 51.4 Å². The maximum Gasteiger partial charge on any atom is 0.267 e. The fourth-order valence-corrected chi connectivity index (χ4v) is 6.23. The molecule has 8 heteroatoms. The molecule has 138 valence electrons. The van der Waals surface area contributed by atoms with Gasteiger partial charge >= 0.3 is 0 Å². The minimum Gasteiger partial charge on any atom is -0.336 e. The zero-order chi connectivity index (χ0) is 17.9. The quantitative estimate of drug-likeness (QED) is 0.813. The molecule has 1 fully saturated rings. The van der Waals surface area contributed by atoms with Gasteiger partial charge in [0.25, 0.3) is 5.91 Å². The molecule has 0 bridgehead atoms. The van der Waals surface area contributed by atoms with Gasteiger partial charge in [-0.1, -0.05) is 30.2 Å². The van der Waals surface area contributed by atoms with Gasteiger partial charge in [0.05, 0.1) is 22.9 Å². The van der Waals surface area contributed by atoms with Crippen LogP contribution in [0.5, 0.6) is 0 Å². The van der Waals surface area contributed by atoms with E-state index >= 15 is 0 Å². The summed E-state index contributed by atoms with van der Waals surface area (Å²) in [6.07, 6.45) is 5.88. The standard InChI is InChI=1S/C18H21N3O2S3/c22-16(11-25-12-4-1-2-5-12)21-8-7-13-15(10-21)26-18(19-13)20-17(23)14-6-3-9-24-14/h3,6,9,12H,1-2,4-5,7-8,10-11H2,(H,19,20,23). The van der Waals surface area contributed by atoms with Crippen molar-refractivity contribution in [2.75, 3.05) is 17.6 Å². The van der Waals surface area contributed by atoms with Gasteiger partial charge in [0, 0.05) is 23.1 Å². The second-order valence-corrected chi connectivity index (χ2v) is 9.92. The van der Waals surface area contributed by atoms with Gasteiger partial charge in [0.15, 0.2) is 5.13 Å². The SMILES string of the molecule is O=C(Nc1nc2c(s1)CN(C(=O)CSC1CCCC1)CC2)c1cccs1. The first kappa shape index (κ1) is 18.0. The van der Waals surface area contributed by atoms with Crippen molar-refractivity contribution in [1.82, 2.24) is 9.88 Å². The third kappa shape index (κ3) is 4.13. The molecule has 2 aliphatic rings. The first-order valence-corrected chi connectivity index (χ1v) is 11.7. The number of fused-ring (bicyclic) bond motifs is 1. The monoisotopic (exact) mass is 407 g/mol. The predicted octanol–water partition coefficient (Wildman–Crippen LogP) is 4.02. The number of amides is 2. The van der Waals surface area contributed by atoms with E-state index in [0.29, 0.717) is 27.6 Å². The van der Waals surface area contributed by atoms with Crippen LogP contribution in [0.4, 0.5) is 5.13 Å². The minimum absolute atomic E-state index is 0.119. The first-order chi connectivity index (χ1) is 12.7. The molecule has 0 aromatic carbocycles. The van der Waals surface area contributed by atoms with E-state index in [1.54, 1.807) is 6.07 Å². The molecule has 3 heterocycles. The molecular formula is C18H21N3O2S3. The van der Waals surface area contributed by atoms with Crippen molar-refractivity contribution < 1.29 is 9.59 Å².